The van der Waals surface area contributed by atoms with Gasteiger partial charge in [0.25, 0.3) is 0 Å². The number of piperidine rings is 2. The van der Waals surface area contributed by atoms with E-state index in [1.807, 2.05) is 0 Å². The van der Waals surface area contributed by atoms with Crippen LogP contribution in [0, 0.1) is 17.2 Å². The highest BCUT2D eigenvalue weighted by atomic mass is 15.2. The van der Waals surface area contributed by atoms with Gasteiger partial charge in [0.15, 0.2) is 0 Å². The van der Waals surface area contributed by atoms with Crippen LogP contribution in [0.4, 0.5) is 0 Å². The quantitative estimate of drug-likeness (QED) is 0.830. The summed E-state index contributed by atoms with van der Waals surface area (Å²) in [5, 5.41) is 13.2. The van der Waals surface area contributed by atoms with Crippen molar-refractivity contribution >= 4 is 0 Å². The largest absolute Gasteiger partial charge is 0.310 e. The fourth-order valence-corrected chi connectivity index (χ4v) is 4.54. The van der Waals surface area contributed by atoms with Gasteiger partial charge in [-0.2, -0.15) is 5.26 Å². The molecule has 0 aromatic rings. The Hall–Kier alpha value is -0.590. The first-order valence-electron chi connectivity index (χ1n) is 8.15. The number of nitrogens with zero attached hydrogens (tertiary/aromatic N) is 2. The van der Waals surface area contributed by atoms with E-state index in [4.69, 9.17) is 0 Å². The summed E-state index contributed by atoms with van der Waals surface area (Å²) >= 11 is 0. The van der Waals surface area contributed by atoms with Crippen LogP contribution in [0.1, 0.15) is 57.8 Å². The Balaban J connectivity index is 1.59. The summed E-state index contributed by atoms with van der Waals surface area (Å²) < 4.78 is 0. The van der Waals surface area contributed by atoms with Crippen molar-refractivity contribution in [2.24, 2.45) is 5.92 Å². The predicted molar refractivity (Wildman–Crippen MR) is 76.7 cm³/mol. The number of hydrogen-bond acceptors (Lipinski definition) is 3. The second kappa shape index (κ2) is 5.81. The molecule has 2 bridgehead atoms. The number of hydrogen-bond donors (Lipinski definition) is 1. The first-order valence-corrected chi connectivity index (χ1v) is 8.15. The van der Waals surface area contributed by atoms with E-state index >= 15 is 0 Å². The first kappa shape index (κ1) is 13.4. The van der Waals surface area contributed by atoms with Gasteiger partial charge in [0.2, 0.25) is 0 Å². The van der Waals surface area contributed by atoms with E-state index in [0.717, 1.165) is 18.5 Å². The van der Waals surface area contributed by atoms with Crippen molar-refractivity contribution in [3.8, 4) is 6.07 Å². The summed E-state index contributed by atoms with van der Waals surface area (Å²) in [7, 11) is 2.31. The lowest BCUT2D eigenvalue weighted by Gasteiger charge is -2.48. The Bertz CT molecular complexity index is 334. The van der Waals surface area contributed by atoms with Crippen molar-refractivity contribution in [1.82, 2.24) is 10.2 Å². The first-order chi connectivity index (χ1) is 9.28. The molecule has 0 aromatic carbocycles. The molecule has 0 amide bonds. The Morgan fingerprint density at radius 2 is 1.68 bits per heavy atom. The maximum atomic E-state index is 9.30. The van der Waals surface area contributed by atoms with Crippen LogP contribution in [0.25, 0.3) is 0 Å². The van der Waals surface area contributed by atoms with E-state index in [9.17, 15) is 5.26 Å². The predicted octanol–water partition coefficient (Wildman–Crippen LogP) is 2.67. The molecule has 4 atom stereocenters. The van der Waals surface area contributed by atoms with Gasteiger partial charge in [-0.05, 0) is 45.6 Å². The molecule has 0 aromatic heterocycles. The Labute approximate surface area is 117 Å². The molecule has 2 aliphatic heterocycles. The van der Waals surface area contributed by atoms with Crippen LogP contribution in [-0.2, 0) is 0 Å². The molecular weight excluding hydrogens is 234 g/mol. The van der Waals surface area contributed by atoms with Gasteiger partial charge in [0.05, 0.1) is 12.0 Å². The molecular formula is C16H27N3. The zero-order valence-electron chi connectivity index (χ0n) is 12.1. The van der Waals surface area contributed by atoms with Gasteiger partial charge >= 0.3 is 0 Å². The van der Waals surface area contributed by atoms with Crippen LogP contribution < -0.4 is 5.32 Å². The average Bonchev–Trinajstić information content (AvgIpc) is 2.40. The Morgan fingerprint density at radius 3 is 2.37 bits per heavy atom. The van der Waals surface area contributed by atoms with Crippen LogP contribution in [-0.4, -0.2) is 36.1 Å². The lowest BCUT2D eigenvalue weighted by molar-refractivity contribution is 0.0429. The molecule has 3 fully saturated rings. The topological polar surface area (TPSA) is 39.1 Å². The molecule has 3 nitrogen and oxygen atoms in total. The molecule has 19 heavy (non-hydrogen) atoms. The van der Waals surface area contributed by atoms with Gasteiger partial charge in [-0.1, -0.05) is 19.3 Å². The van der Waals surface area contributed by atoms with Gasteiger partial charge in [0.1, 0.15) is 0 Å². The molecule has 2 saturated heterocycles. The highest BCUT2D eigenvalue weighted by Gasteiger charge is 2.37. The summed E-state index contributed by atoms with van der Waals surface area (Å²) in [4.78, 5) is 2.62. The molecule has 0 radical (unpaired) electrons. The van der Waals surface area contributed by atoms with Crippen molar-refractivity contribution in [2.45, 2.75) is 82.0 Å². The number of rotatable bonds is 2. The van der Waals surface area contributed by atoms with E-state index < -0.39 is 0 Å². The standard InChI is InChI=1S/C16H27N3/c1-19-14-6-4-7-15(19)10-13(9-14)18-16-8-3-2-5-12(16)11-17/h12-16,18H,2-10H2,1H3. The van der Waals surface area contributed by atoms with E-state index in [2.05, 4.69) is 23.3 Å². The summed E-state index contributed by atoms with van der Waals surface area (Å²) in [6.45, 7) is 0. The van der Waals surface area contributed by atoms with Crippen molar-refractivity contribution in [1.29, 1.82) is 5.26 Å². The third-order valence-electron chi connectivity index (χ3n) is 5.72. The number of nitriles is 1. The van der Waals surface area contributed by atoms with Crippen LogP contribution >= 0.6 is 0 Å². The molecule has 1 N–H and O–H groups in total. The molecule has 1 saturated carbocycles. The fourth-order valence-electron chi connectivity index (χ4n) is 4.54. The van der Waals surface area contributed by atoms with E-state index in [-0.39, 0.29) is 5.92 Å². The summed E-state index contributed by atoms with van der Waals surface area (Å²) in [5.41, 5.74) is 0. The highest BCUT2D eigenvalue weighted by Crippen LogP contribution is 2.34. The lowest BCUT2D eigenvalue weighted by Crippen LogP contribution is -2.56. The van der Waals surface area contributed by atoms with Crippen molar-refractivity contribution in [2.75, 3.05) is 7.05 Å². The smallest absolute Gasteiger partial charge is 0.0672 e. The van der Waals surface area contributed by atoms with Crippen LogP contribution in [0.2, 0.25) is 0 Å². The maximum Gasteiger partial charge on any atom is 0.0672 e. The minimum atomic E-state index is 0.258. The highest BCUT2D eigenvalue weighted by molar-refractivity contribution is 4.99. The summed E-state index contributed by atoms with van der Waals surface area (Å²) in [6.07, 6.45) is 11.6. The van der Waals surface area contributed by atoms with Crippen LogP contribution in [0.3, 0.4) is 0 Å². The molecule has 1 aliphatic carbocycles. The number of fused-ring (bicyclic) bond motifs is 2. The average molecular weight is 261 g/mol. The zero-order chi connectivity index (χ0) is 13.2. The van der Waals surface area contributed by atoms with Gasteiger partial charge in [-0.15, -0.1) is 0 Å². The van der Waals surface area contributed by atoms with Gasteiger partial charge in [0, 0.05) is 24.2 Å². The van der Waals surface area contributed by atoms with Gasteiger partial charge < -0.3 is 10.2 Å². The van der Waals surface area contributed by atoms with Crippen molar-refractivity contribution in [3.63, 3.8) is 0 Å². The van der Waals surface area contributed by atoms with Crippen LogP contribution in [0.15, 0.2) is 0 Å². The summed E-state index contributed by atoms with van der Waals surface area (Å²) in [5.74, 6) is 0.258. The number of nitrogens with one attached hydrogen (secondary N) is 1. The monoisotopic (exact) mass is 261 g/mol. The molecule has 2 heterocycles. The van der Waals surface area contributed by atoms with Gasteiger partial charge in [-0.25, -0.2) is 0 Å². The van der Waals surface area contributed by atoms with Gasteiger partial charge in [-0.3, -0.25) is 0 Å². The van der Waals surface area contributed by atoms with E-state index in [1.165, 1.54) is 51.4 Å². The molecule has 106 valence electrons. The Kier molecular flexibility index (Phi) is 4.10. The fraction of sp³-hybridized carbons (Fsp3) is 0.938. The second-order valence-electron chi connectivity index (χ2n) is 6.87. The Morgan fingerprint density at radius 1 is 1.00 bits per heavy atom. The summed E-state index contributed by atoms with van der Waals surface area (Å²) in [6, 6.07) is 5.23. The minimum absolute atomic E-state index is 0.258. The van der Waals surface area contributed by atoms with E-state index in [1.54, 1.807) is 0 Å². The minimum Gasteiger partial charge on any atom is -0.310 e. The maximum absolute atomic E-state index is 9.30. The second-order valence-corrected chi connectivity index (χ2v) is 6.87. The van der Waals surface area contributed by atoms with E-state index in [0.29, 0.717) is 12.1 Å². The molecule has 3 rings (SSSR count). The SMILES string of the molecule is CN1C2CCCC1CC(NC1CCCCC1C#N)C2. The third-order valence-corrected chi connectivity index (χ3v) is 5.72. The lowest BCUT2D eigenvalue weighted by atomic mass is 9.80. The molecule has 3 aliphatic rings. The molecule has 0 spiro atoms. The molecule has 4 unspecified atom stereocenters. The normalized spacial score (nSPS) is 43.7. The zero-order valence-corrected chi connectivity index (χ0v) is 12.1. The van der Waals surface area contributed by atoms with Crippen molar-refractivity contribution < 1.29 is 0 Å². The van der Waals surface area contributed by atoms with Crippen molar-refractivity contribution in [3.05, 3.63) is 0 Å². The van der Waals surface area contributed by atoms with Crippen LogP contribution in [0.5, 0.6) is 0 Å². The molecule has 3 heteroatoms. The third kappa shape index (κ3) is 2.80.